The van der Waals surface area contributed by atoms with E-state index >= 15 is 0 Å². The lowest BCUT2D eigenvalue weighted by Gasteiger charge is -2.45. The molecule has 0 saturated heterocycles. The highest BCUT2D eigenvalue weighted by molar-refractivity contribution is 5.75. The molecule has 2 aliphatic heterocycles. The van der Waals surface area contributed by atoms with Crippen molar-refractivity contribution in [2.24, 2.45) is 23.2 Å². The maximum atomic E-state index is 2.62. The van der Waals surface area contributed by atoms with Gasteiger partial charge < -0.3 is 9.80 Å². The molecule has 4 aromatic rings. The fourth-order valence-corrected chi connectivity index (χ4v) is 8.71. The largest absolute Gasteiger partial charge is 0.338 e. The third-order valence-electron chi connectivity index (χ3n) is 11.7. The minimum atomic E-state index is 0.127. The van der Waals surface area contributed by atoms with E-state index in [-0.39, 0.29) is 10.8 Å². The second kappa shape index (κ2) is 13.6. The van der Waals surface area contributed by atoms with Gasteiger partial charge in [0.2, 0.25) is 0 Å². The van der Waals surface area contributed by atoms with E-state index in [1.807, 2.05) is 0 Å². The summed E-state index contributed by atoms with van der Waals surface area (Å²) in [6, 6.07) is 39.0. The van der Waals surface area contributed by atoms with Crippen molar-refractivity contribution in [3.63, 3.8) is 0 Å². The van der Waals surface area contributed by atoms with Gasteiger partial charge in [-0.15, -0.1) is 0 Å². The summed E-state index contributed by atoms with van der Waals surface area (Å²) in [6.07, 6.45) is 17.5. The van der Waals surface area contributed by atoms with Crippen LogP contribution in [0.3, 0.4) is 0 Å². The van der Waals surface area contributed by atoms with Crippen LogP contribution in [0, 0.1) is 23.2 Å². The fraction of sp³-hybridized carbons (Fsp3) is 0.333. The maximum Gasteiger partial charge on any atom is 0.0461 e. The molecule has 4 unspecified atom stereocenters. The first-order valence-electron chi connectivity index (χ1n) is 18.7. The van der Waals surface area contributed by atoms with Gasteiger partial charge in [-0.25, -0.2) is 0 Å². The van der Waals surface area contributed by atoms with E-state index in [4.69, 9.17) is 0 Å². The molecule has 8 rings (SSSR count). The van der Waals surface area contributed by atoms with Crippen LogP contribution in [0.1, 0.15) is 73.3 Å². The number of anilines is 4. The van der Waals surface area contributed by atoms with Crippen molar-refractivity contribution in [1.29, 1.82) is 0 Å². The highest BCUT2D eigenvalue weighted by Crippen LogP contribution is 2.45. The lowest BCUT2D eigenvalue weighted by atomic mass is 9.70. The highest BCUT2D eigenvalue weighted by Gasteiger charge is 2.37. The zero-order valence-electron chi connectivity index (χ0n) is 31.1. The van der Waals surface area contributed by atoms with E-state index in [9.17, 15) is 0 Å². The monoisotopic (exact) mass is 658 g/mol. The molecule has 4 aromatic carbocycles. The van der Waals surface area contributed by atoms with Crippen LogP contribution >= 0.6 is 0 Å². The zero-order chi connectivity index (χ0) is 35.0. The standard InChI is InChI=1S/C48H54N2/c1-8-30-47(4,5)39-18-26-43(27-19-39)49(41-12-10-9-11-13-41)42-22-14-36(15-23-42)37-16-24-44(25-17-37)50-45-28-20-40(21-29-45)48(6,7)33-38-31-34(2)32-46(50)35(38)3/h8-18,20-31,34-35,39,46H,19,32-33H2,1-7H3. The van der Waals surface area contributed by atoms with Gasteiger partial charge in [-0.1, -0.05) is 132 Å². The minimum Gasteiger partial charge on any atom is -0.338 e. The smallest absolute Gasteiger partial charge is 0.0461 e. The molecule has 0 N–H and O–H groups in total. The van der Waals surface area contributed by atoms with Crippen LogP contribution in [0.4, 0.5) is 22.7 Å². The number of hydrogen-bond donors (Lipinski definition) is 0. The van der Waals surface area contributed by atoms with E-state index in [2.05, 4.69) is 198 Å². The summed E-state index contributed by atoms with van der Waals surface area (Å²) in [5, 5.41) is 0. The molecule has 0 spiro atoms. The first-order valence-corrected chi connectivity index (χ1v) is 18.7. The Morgan fingerprint density at radius 2 is 1.38 bits per heavy atom. The molecule has 4 aliphatic rings. The molecular weight excluding hydrogens is 605 g/mol. The summed E-state index contributed by atoms with van der Waals surface area (Å²) >= 11 is 0. The van der Waals surface area contributed by atoms with Gasteiger partial charge in [-0.3, -0.25) is 0 Å². The first kappa shape index (κ1) is 33.9. The summed E-state index contributed by atoms with van der Waals surface area (Å²) in [5.74, 6) is 1.55. The van der Waals surface area contributed by atoms with E-state index in [0.717, 1.165) is 19.3 Å². The number of nitrogens with zero attached hydrogens (tertiary/aromatic N) is 2. The first-order chi connectivity index (χ1) is 24.0. The molecule has 256 valence electrons. The van der Waals surface area contributed by atoms with Crippen molar-refractivity contribution in [2.75, 3.05) is 9.80 Å². The van der Waals surface area contributed by atoms with Gasteiger partial charge in [0, 0.05) is 34.5 Å². The third-order valence-corrected chi connectivity index (χ3v) is 11.7. The summed E-state index contributed by atoms with van der Waals surface area (Å²) in [6.45, 7) is 16.4. The van der Waals surface area contributed by atoms with Gasteiger partial charge in [-0.2, -0.15) is 0 Å². The Labute approximate surface area is 301 Å². The summed E-state index contributed by atoms with van der Waals surface area (Å²) in [7, 11) is 0. The van der Waals surface area contributed by atoms with Gasteiger partial charge in [0.1, 0.15) is 0 Å². The predicted octanol–water partition coefficient (Wildman–Crippen LogP) is 13.3. The molecule has 4 bridgehead atoms. The number of fused-ring (bicyclic) bond motifs is 3. The highest BCUT2D eigenvalue weighted by atomic mass is 15.2. The second-order valence-corrected chi connectivity index (χ2v) is 16.2. The Bertz CT molecular complexity index is 1900. The third kappa shape index (κ3) is 6.65. The van der Waals surface area contributed by atoms with Crippen molar-refractivity contribution < 1.29 is 0 Å². The second-order valence-electron chi connectivity index (χ2n) is 16.2. The number of allylic oxidation sites excluding steroid dienone is 6. The van der Waals surface area contributed by atoms with Crippen molar-refractivity contribution in [3.8, 4) is 11.1 Å². The molecule has 0 aromatic heterocycles. The van der Waals surface area contributed by atoms with Crippen molar-refractivity contribution in [3.05, 3.63) is 156 Å². The molecule has 2 heterocycles. The van der Waals surface area contributed by atoms with Crippen LogP contribution in [-0.4, -0.2) is 6.04 Å². The Morgan fingerprint density at radius 3 is 1.98 bits per heavy atom. The molecule has 2 heteroatoms. The van der Waals surface area contributed by atoms with Crippen LogP contribution in [0.25, 0.3) is 11.1 Å². The number of rotatable bonds is 7. The Morgan fingerprint density at radius 1 is 0.780 bits per heavy atom. The average molecular weight is 659 g/mol. The Hall–Kier alpha value is -4.56. The molecule has 50 heavy (non-hydrogen) atoms. The van der Waals surface area contributed by atoms with E-state index in [1.54, 1.807) is 5.57 Å². The SMILES string of the molecule is CC=CC(C)(C)C1C=CC(N(c2ccccc2)c2ccc(-c3ccc(N4c5ccc(cc5)C(C)(C)CC5=CC(C)CC4C5C)cc3)cc2)=CC1. The molecule has 0 radical (unpaired) electrons. The topological polar surface area (TPSA) is 6.48 Å². The number of benzene rings is 4. The van der Waals surface area contributed by atoms with Crippen LogP contribution in [-0.2, 0) is 5.41 Å². The van der Waals surface area contributed by atoms with E-state index < -0.39 is 0 Å². The molecule has 0 amide bonds. The van der Waals surface area contributed by atoms with Gasteiger partial charge >= 0.3 is 0 Å². The van der Waals surface area contributed by atoms with Gasteiger partial charge in [0.25, 0.3) is 0 Å². The minimum absolute atomic E-state index is 0.127. The van der Waals surface area contributed by atoms with Crippen LogP contribution < -0.4 is 9.80 Å². The molecule has 4 atom stereocenters. The van der Waals surface area contributed by atoms with Crippen molar-refractivity contribution >= 4 is 22.7 Å². The fourth-order valence-electron chi connectivity index (χ4n) is 8.71. The zero-order valence-corrected chi connectivity index (χ0v) is 31.1. The van der Waals surface area contributed by atoms with E-state index in [0.29, 0.717) is 23.8 Å². The summed E-state index contributed by atoms with van der Waals surface area (Å²) in [4.78, 5) is 5.01. The van der Waals surface area contributed by atoms with Crippen LogP contribution in [0.5, 0.6) is 0 Å². The predicted molar refractivity (Wildman–Crippen MR) is 215 cm³/mol. The lowest BCUT2D eigenvalue weighted by Crippen LogP contribution is -2.42. The van der Waals surface area contributed by atoms with Gasteiger partial charge in [0.05, 0.1) is 0 Å². The molecule has 2 aliphatic carbocycles. The summed E-state index contributed by atoms with van der Waals surface area (Å²) in [5.41, 5.74) is 11.9. The molecule has 0 fully saturated rings. The van der Waals surface area contributed by atoms with Crippen LogP contribution in [0.15, 0.2) is 151 Å². The lowest BCUT2D eigenvalue weighted by molar-refractivity contribution is 0.342. The van der Waals surface area contributed by atoms with Gasteiger partial charge in [-0.05, 0) is 126 Å². The Kier molecular flexibility index (Phi) is 9.24. The maximum absolute atomic E-state index is 2.62. The molecular formula is C48H54N2. The number of para-hydroxylation sites is 1. The quantitative estimate of drug-likeness (QED) is 0.182. The number of hydrogen-bond acceptors (Lipinski definition) is 2. The normalized spacial score (nSPS) is 23.1. The van der Waals surface area contributed by atoms with Crippen LogP contribution in [0.2, 0.25) is 0 Å². The molecule has 2 nitrogen and oxygen atoms in total. The van der Waals surface area contributed by atoms with Gasteiger partial charge in [0.15, 0.2) is 0 Å². The summed E-state index contributed by atoms with van der Waals surface area (Å²) < 4.78 is 0. The molecule has 0 saturated carbocycles. The van der Waals surface area contributed by atoms with Crippen molar-refractivity contribution in [2.45, 2.75) is 79.2 Å². The van der Waals surface area contributed by atoms with Crippen molar-refractivity contribution in [1.82, 2.24) is 0 Å². The van der Waals surface area contributed by atoms with E-state index in [1.165, 1.54) is 45.1 Å². The average Bonchev–Trinajstić information content (AvgIpc) is 3.11. The Balaban J connectivity index is 1.17.